The Labute approximate surface area is 97.6 Å². The second kappa shape index (κ2) is 4.91. The van der Waals surface area contributed by atoms with E-state index >= 15 is 0 Å². The Morgan fingerprint density at radius 3 is 2.65 bits per heavy atom. The molecule has 0 atom stereocenters. The zero-order valence-corrected chi connectivity index (χ0v) is 9.46. The van der Waals surface area contributed by atoms with Gasteiger partial charge in [0.15, 0.2) is 0 Å². The van der Waals surface area contributed by atoms with Crippen LogP contribution in [-0.4, -0.2) is 12.6 Å². The first-order chi connectivity index (χ1) is 7.93. The number of esters is 1. The van der Waals surface area contributed by atoms with E-state index in [2.05, 4.69) is 4.74 Å². The molecule has 0 bridgehead atoms. The van der Waals surface area contributed by atoms with Gasteiger partial charge in [0, 0.05) is 5.56 Å². The molecular weight excluding hydrogens is 228 g/mol. The number of nitriles is 1. The van der Waals surface area contributed by atoms with Crippen LogP contribution >= 0.6 is 0 Å². The van der Waals surface area contributed by atoms with Gasteiger partial charge in [-0.15, -0.1) is 0 Å². The number of ether oxygens (including phenoxy) is 1. The topological polar surface area (TPSA) is 50.1 Å². The van der Waals surface area contributed by atoms with E-state index in [0.29, 0.717) is 0 Å². The normalized spacial score (nSPS) is 10.8. The van der Waals surface area contributed by atoms with Crippen LogP contribution in [0.1, 0.15) is 23.6 Å². The SMILES string of the molecule is CCOC(=O)C(F)(F)c1ccc(C#N)cc1C. The highest BCUT2D eigenvalue weighted by Crippen LogP contribution is 2.32. The molecule has 0 saturated heterocycles. The average molecular weight is 239 g/mol. The lowest BCUT2D eigenvalue weighted by Gasteiger charge is -2.17. The number of alkyl halides is 2. The van der Waals surface area contributed by atoms with Crippen molar-refractivity contribution in [2.45, 2.75) is 19.8 Å². The molecule has 0 amide bonds. The van der Waals surface area contributed by atoms with Crippen LogP contribution in [-0.2, 0) is 15.5 Å². The van der Waals surface area contributed by atoms with Crippen LogP contribution in [0.5, 0.6) is 0 Å². The Morgan fingerprint density at radius 1 is 1.53 bits per heavy atom. The van der Waals surface area contributed by atoms with Gasteiger partial charge in [0.05, 0.1) is 18.2 Å². The van der Waals surface area contributed by atoms with Crippen molar-refractivity contribution >= 4 is 5.97 Å². The molecule has 0 heterocycles. The Bertz CT molecular complexity index is 478. The summed E-state index contributed by atoms with van der Waals surface area (Å²) in [5, 5.41) is 8.62. The van der Waals surface area contributed by atoms with Crippen LogP contribution in [0.3, 0.4) is 0 Å². The van der Waals surface area contributed by atoms with E-state index in [1.165, 1.54) is 26.0 Å². The lowest BCUT2D eigenvalue weighted by atomic mass is 10.0. The van der Waals surface area contributed by atoms with Gasteiger partial charge in [0.2, 0.25) is 0 Å². The number of hydrogen-bond donors (Lipinski definition) is 0. The summed E-state index contributed by atoms with van der Waals surface area (Å²) in [6, 6.07) is 5.47. The quantitative estimate of drug-likeness (QED) is 0.761. The Balaban J connectivity index is 3.16. The van der Waals surface area contributed by atoms with Gasteiger partial charge in [0.1, 0.15) is 0 Å². The summed E-state index contributed by atoms with van der Waals surface area (Å²) >= 11 is 0. The number of nitrogens with zero attached hydrogens (tertiary/aromatic N) is 1. The maximum Gasteiger partial charge on any atom is 0.381 e. The standard InChI is InChI=1S/C12H11F2NO2/c1-3-17-11(16)12(13,14)10-5-4-9(7-15)6-8(10)2/h4-6H,3H2,1-2H3. The molecule has 0 aliphatic heterocycles. The molecule has 5 heteroatoms. The van der Waals surface area contributed by atoms with Gasteiger partial charge in [-0.25, -0.2) is 4.79 Å². The maximum absolute atomic E-state index is 13.7. The molecule has 0 aliphatic rings. The third-order valence-electron chi connectivity index (χ3n) is 2.23. The Morgan fingerprint density at radius 2 is 2.18 bits per heavy atom. The fourth-order valence-corrected chi connectivity index (χ4v) is 1.42. The van der Waals surface area contributed by atoms with E-state index in [1.54, 1.807) is 0 Å². The van der Waals surface area contributed by atoms with Gasteiger partial charge < -0.3 is 4.74 Å². The minimum Gasteiger partial charge on any atom is -0.461 e. The van der Waals surface area contributed by atoms with Crippen LogP contribution < -0.4 is 0 Å². The Kier molecular flexibility index (Phi) is 3.79. The molecule has 0 aliphatic carbocycles. The van der Waals surface area contributed by atoms with Gasteiger partial charge in [-0.2, -0.15) is 14.0 Å². The molecule has 17 heavy (non-hydrogen) atoms. The lowest BCUT2D eigenvalue weighted by molar-refractivity contribution is -0.173. The van der Waals surface area contributed by atoms with Gasteiger partial charge in [-0.1, -0.05) is 6.07 Å². The van der Waals surface area contributed by atoms with E-state index in [1.807, 2.05) is 6.07 Å². The molecule has 0 unspecified atom stereocenters. The Hall–Kier alpha value is -1.96. The number of aryl methyl sites for hydroxylation is 1. The summed E-state index contributed by atoms with van der Waals surface area (Å²) in [5.74, 6) is -5.26. The summed E-state index contributed by atoms with van der Waals surface area (Å²) in [6.45, 7) is 2.77. The molecule has 0 saturated carbocycles. The largest absolute Gasteiger partial charge is 0.461 e. The zero-order chi connectivity index (χ0) is 13.1. The maximum atomic E-state index is 13.7. The van der Waals surface area contributed by atoms with Crippen molar-refractivity contribution in [1.29, 1.82) is 5.26 Å². The lowest BCUT2D eigenvalue weighted by Crippen LogP contribution is -2.29. The van der Waals surface area contributed by atoms with Crippen LogP contribution in [0.25, 0.3) is 0 Å². The first kappa shape index (κ1) is 13.1. The molecular formula is C12H11F2NO2. The zero-order valence-electron chi connectivity index (χ0n) is 9.46. The smallest absolute Gasteiger partial charge is 0.381 e. The van der Waals surface area contributed by atoms with E-state index in [0.717, 1.165) is 6.07 Å². The highest BCUT2D eigenvalue weighted by Gasteiger charge is 2.43. The highest BCUT2D eigenvalue weighted by molar-refractivity contribution is 5.80. The molecule has 0 radical (unpaired) electrons. The van der Waals surface area contributed by atoms with Crippen LogP contribution in [0.15, 0.2) is 18.2 Å². The first-order valence-electron chi connectivity index (χ1n) is 4.99. The molecule has 3 nitrogen and oxygen atoms in total. The van der Waals surface area contributed by atoms with Crippen molar-refractivity contribution < 1.29 is 18.3 Å². The summed E-state index contributed by atoms with van der Waals surface area (Å²) in [7, 11) is 0. The number of carbonyl (C=O) groups excluding carboxylic acids is 1. The average Bonchev–Trinajstić information content (AvgIpc) is 2.28. The van der Waals surface area contributed by atoms with E-state index in [4.69, 9.17) is 5.26 Å². The molecule has 90 valence electrons. The number of rotatable bonds is 3. The summed E-state index contributed by atoms with van der Waals surface area (Å²) in [6.07, 6.45) is 0. The van der Waals surface area contributed by atoms with E-state index in [9.17, 15) is 13.6 Å². The van der Waals surface area contributed by atoms with Crippen LogP contribution in [0.4, 0.5) is 8.78 Å². The monoisotopic (exact) mass is 239 g/mol. The predicted molar refractivity (Wildman–Crippen MR) is 56.4 cm³/mol. The number of halogens is 2. The van der Waals surface area contributed by atoms with Gasteiger partial charge >= 0.3 is 11.9 Å². The molecule has 1 aromatic carbocycles. The molecule has 0 spiro atoms. The van der Waals surface area contributed by atoms with Crippen molar-refractivity contribution in [3.05, 3.63) is 34.9 Å². The van der Waals surface area contributed by atoms with Crippen molar-refractivity contribution in [2.24, 2.45) is 0 Å². The second-order valence-electron chi connectivity index (χ2n) is 3.44. The molecule has 1 aromatic rings. The van der Waals surface area contributed by atoms with Gasteiger partial charge in [-0.3, -0.25) is 0 Å². The fraction of sp³-hybridized carbons (Fsp3) is 0.333. The van der Waals surface area contributed by atoms with E-state index in [-0.39, 0.29) is 17.7 Å². The van der Waals surface area contributed by atoms with Crippen molar-refractivity contribution in [3.8, 4) is 6.07 Å². The van der Waals surface area contributed by atoms with Crippen molar-refractivity contribution in [2.75, 3.05) is 6.61 Å². The third kappa shape index (κ3) is 2.59. The number of hydrogen-bond acceptors (Lipinski definition) is 3. The molecule has 1 rings (SSSR count). The number of carbonyl (C=O) groups is 1. The summed E-state index contributed by atoms with van der Waals surface area (Å²) in [5.41, 5.74) is 0.0166. The van der Waals surface area contributed by atoms with Crippen molar-refractivity contribution in [3.63, 3.8) is 0 Å². The van der Waals surface area contributed by atoms with Crippen LogP contribution in [0.2, 0.25) is 0 Å². The fourth-order valence-electron chi connectivity index (χ4n) is 1.42. The summed E-state index contributed by atoms with van der Waals surface area (Å²) in [4.78, 5) is 11.1. The van der Waals surface area contributed by atoms with Gasteiger partial charge in [-0.05, 0) is 31.5 Å². The molecule has 0 aromatic heterocycles. The minimum absolute atomic E-state index is 0.107. The van der Waals surface area contributed by atoms with Crippen LogP contribution in [0, 0.1) is 18.3 Å². The van der Waals surface area contributed by atoms with E-state index < -0.39 is 17.5 Å². The second-order valence-corrected chi connectivity index (χ2v) is 3.44. The minimum atomic E-state index is -3.69. The predicted octanol–water partition coefficient (Wildman–Crippen LogP) is 2.52. The van der Waals surface area contributed by atoms with Gasteiger partial charge in [0.25, 0.3) is 0 Å². The molecule has 0 fully saturated rings. The number of benzene rings is 1. The first-order valence-corrected chi connectivity index (χ1v) is 4.99. The summed E-state index contributed by atoms with van der Waals surface area (Å²) < 4.78 is 31.7. The third-order valence-corrected chi connectivity index (χ3v) is 2.23. The van der Waals surface area contributed by atoms with Crippen molar-refractivity contribution in [1.82, 2.24) is 0 Å². The highest BCUT2D eigenvalue weighted by atomic mass is 19.3. The molecule has 0 N–H and O–H groups in total.